The molecule has 0 spiro atoms. The van der Waals surface area contributed by atoms with Crippen molar-refractivity contribution in [3.8, 4) is 0 Å². The van der Waals surface area contributed by atoms with E-state index >= 15 is 0 Å². The van der Waals surface area contributed by atoms with Crippen molar-refractivity contribution >= 4 is 11.9 Å². The second-order valence-corrected chi connectivity index (χ2v) is 3.25. The fourth-order valence-electron chi connectivity index (χ4n) is 1.18. The van der Waals surface area contributed by atoms with Crippen molar-refractivity contribution in [1.82, 2.24) is 0 Å². The number of halogens is 1. The summed E-state index contributed by atoms with van der Waals surface area (Å²) >= 11 is 0. The molecular weight excluding hydrogens is 209 g/mol. The Labute approximate surface area is 92.9 Å². The first kappa shape index (κ1) is 12.0. The van der Waals surface area contributed by atoms with Crippen LogP contribution in [0.2, 0.25) is 0 Å². The summed E-state index contributed by atoms with van der Waals surface area (Å²) in [5.41, 5.74) is 16.6. The molecule has 1 unspecified atom stereocenters. The van der Waals surface area contributed by atoms with Crippen molar-refractivity contribution < 1.29 is 4.39 Å². The van der Waals surface area contributed by atoms with Crippen LogP contribution < -0.4 is 17.2 Å². The van der Waals surface area contributed by atoms with Gasteiger partial charge in [0.15, 0.2) is 5.96 Å². The van der Waals surface area contributed by atoms with Crippen molar-refractivity contribution in [2.45, 2.75) is 13.0 Å². The number of aliphatic imine (C=N–C) groups is 2. The van der Waals surface area contributed by atoms with Crippen LogP contribution >= 0.6 is 0 Å². The number of nitrogens with zero attached hydrogens (tertiary/aromatic N) is 2. The summed E-state index contributed by atoms with van der Waals surface area (Å²) in [6.45, 7) is 1.81. The second-order valence-electron chi connectivity index (χ2n) is 3.25. The van der Waals surface area contributed by atoms with E-state index in [1.54, 1.807) is 12.1 Å². The number of nitrogens with two attached hydrogens (primary N) is 3. The Balaban J connectivity index is 2.83. The quantitative estimate of drug-likeness (QED) is 0.501. The van der Waals surface area contributed by atoms with Crippen LogP contribution in [0.3, 0.4) is 0 Å². The molecule has 0 aliphatic heterocycles. The average Bonchev–Trinajstić information content (AvgIpc) is 2.16. The van der Waals surface area contributed by atoms with E-state index in [-0.39, 0.29) is 23.8 Å². The Morgan fingerprint density at radius 1 is 1.19 bits per heavy atom. The van der Waals surface area contributed by atoms with Crippen LogP contribution in [0.1, 0.15) is 18.5 Å². The predicted molar refractivity (Wildman–Crippen MR) is 62.2 cm³/mol. The molecule has 6 heteroatoms. The summed E-state index contributed by atoms with van der Waals surface area (Å²) in [6, 6.07) is 5.75. The Kier molecular flexibility index (Phi) is 3.82. The number of benzene rings is 1. The van der Waals surface area contributed by atoms with Gasteiger partial charge in [-0.25, -0.2) is 9.38 Å². The van der Waals surface area contributed by atoms with Crippen molar-refractivity contribution in [2.75, 3.05) is 0 Å². The lowest BCUT2D eigenvalue weighted by Gasteiger charge is -2.06. The highest BCUT2D eigenvalue weighted by Gasteiger charge is 2.04. The highest BCUT2D eigenvalue weighted by Crippen LogP contribution is 2.16. The van der Waals surface area contributed by atoms with Gasteiger partial charge >= 0.3 is 0 Å². The molecule has 1 aromatic carbocycles. The van der Waals surface area contributed by atoms with Crippen molar-refractivity contribution in [1.29, 1.82) is 0 Å². The molecule has 0 fully saturated rings. The van der Waals surface area contributed by atoms with Crippen molar-refractivity contribution in [2.24, 2.45) is 27.2 Å². The molecule has 1 aromatic rings. The second kappa shape index (κ2) is 5.11. The van der Waals surface area contributed by atoms with E-state index in [4.69, 9.17) is 17.2 Å². The smallest absolute Gasteiger partial charge is 0.219 e. The fourth-order valence-corrected chi connectivity index (χ4v) is 1.18. The average molecular weight is 223 g/mol. The molecule has 0 aromatic heterocycles. The number of guanidine groups is 2. The normalized spacial score (nSPS) is 13.2. The van der Waals surface area contributed by atoms with Gasteiger partial charge in [0.2, 0.25) is 5.96 Å². The Morgan fingerprint density at radius 3 is 2.25 bits per heavy atom. The SMILES string of the molecule is CC(N=C(N)N=C(N)N)c1ccc(F)cc1. The number of rotatable bonds is 2. The monoisotopic (exact) mass is 223 g/mol. The molecule has 0 bridgehead atoms. The van der Waals surface area contributed by atoms with E-state index in [0.717, 1.165) is 5.56 Å². The Bertz CT molecular complexity index is 406. The number of hydrogen-bond donors (Lipinski definition) is 3. The summed E-state index contributed by atoms with van der Waals surface area (Å²) < 4.78 is 12.7. The molecule has 16 heavy (non-hydrogen) atoms. The van der Waals surface area contributed by atoms with Gasteiger partial charge in [0.1, 0.15) is 5.82 Å². The zero-order valence-electron chi connectivity index (χ0n) is 8.89. The fraction of sp³-hybridized carbons (Fsp3) is 0.200. The van der Waals surface area contributed by atoms with Crippen molar-refractivity contribution in [3.05, 3.63) is 35.6 Å². The van der Waals surface area contributed by atoms with Gasteiger partial charge in [-0.05, 0) is 24.6 Å². The third-order valence-corrected chi connectivity index (χ3v) is 1.92. The van der Waals surface area contributed by atoms with Crippen LogP contribution in [0.4, 0.5) is 4.39 Å². The van der Waals surface area contributed by atoms with Gasteiger partial charge in [0, 0.05) is 0 Å². The Hall–Kier alpha value is -2.11. The molecule has 0 aliphatic carbocycles. The van der Waals surface area contributed by atoms with Crippen LogP contribution in [0.15, 0.2) is 34.3 Å². The lowest BCUT2D eigenvalue weighted by Crippen LogP contribution is -2.26. The molecule has 0 aliphatic rings. The molecule has 0 heterocycles. The largest absolute Gasteiger partial charge is 0.370 e. The molecule has 1 atom stereocenters. The van der Waals surface area contributed by atoms with Gasteiger partial charge in [-0.1, -0.05) is 12.1 Å². The summed E-state index contributed by atoms with van der Waals surface area (Å²) in [4.78, 5) is 7.63. The molecular formula is C10H14FN5. The maximum absolute atomic E-state index is 12.7. The van der Waals surface area contributed by atoms with Gasteiger partial charge < -0.3 is 17.2 Å². The highest BCUT2D eigenvalue weighted by atomic mass is 19.1. The molecule has 1 rings (SSSR count). The zero-order valence-corrected chi connectivity index (χ0v) is 8.89. The first-order valence-electron chi connectivity index (χ1n) is 4.67. The molecule has 0 radical (unpaired) electrons. The third-order valence-electron chi connectivity index (χ3n) is 1.92. The maximum atomic E-state index is 12.7. The van der Waals surface area contributed by atoms with E-state index in [1.807, 2.05) is 6.92 Å². The highest BCUT2D eigenvalue weighted by molar-refractivity contribution is 5.92. The van der Waals surface area contributed by atoms with Crippen LogP contribution in [-0.2, 0) is 0 Å². The van der Waals surface area contributed by atoms with Gasteiger partial charge in [0.05, 0.1) is 6.04 Å². The predicted octanol–water partition coefficient (Wildman–Crippen LogP) is 0.475. The topological polar surface area (TPSA) is 103 Å². The molecule has 6 N–H and O–H groups in total. The first-order valence-corrected chi connectivity index (χ1v) is 4.67. The summed E-state index contributed by atoms with van der Waals surface area (Å²) in [5.74, 6) is -0.443. The van der Waals surface area contributed by atoms with E-state index in [2.05, 4.69) is 9.98 Å². The van der Waals surface area contributed by atoms with E-state index in [9.17, 15) is 4.39 Å². The van der Waals surface area contributed by atoms with Crippen LogP contribution in [0.5, 0.6) is 0 Å². The number of hydrogen-bond acceptors (Lipinski definition) is 1. The van der Waals surface area contributed by atoms with Crippen molar-refractivity contribution in [3.63, 3.8) is 0 Å². The van der Waals surface area contributed by atoms with Gasteiger partial charge in [0.25, 0.3) is 0 Å². The minimum atomic E-state index is -0.294. The van der Waals surface area contributed by atoms with E-state index < -0.39 is 0 Å². The van der Waals surface area contributed by atoms with E-state index in [0.29, 0.717) is 0 Å². The van der Waals surface area contributed by atoms with Crippen LogP contribution in [0, 0.1) is 5.82 Å². The zero-order chi connectivity index (χ0) is 12.1. The Morgan fingerprint density at radius 2 is 1.75 bits per heavy atom. The molecule has 5 nitrogen and oxygen atoms in total. The molecule has 0 amide bonds. The lowest BCUT2D eigenvalue weighted by molar-refractivity contribution is 0.626. The minimum absolute atomic E-state index is 0.00294. The molecule has 0 saturated heterocycles. The third kappa shape index (κ3) is 3.56. The minimum Gasteiger partial charge on any atom is -0.370 e. The summed E-state index contributed by atoms with van der Waals surface area (Å²) in [7, 11) is 0. The molecule has 0 saturated carbocycles. The molecule has 86 valence electrons. The summed E-state index contributed by atoms with van der Waals surface area (Å²) in [5, 5.41) is 0. The van der Waals surface area contributed by atoms with E-state index in [1.165, 1.54) is 12.1 Å². The van der Waals surface area contributed by atoms with Gasteiger partial charge in [-0.2, -0.15) is 4.99 Å². The first-order chi connectivity index (χ1) is 7.49. The van der Waals surface area contributed by atoms with Gasteiger partial charge in [-0.3, -0.25) is 0 Å². The summed E-state index contributed by atoms with van der Waals surface area (Å²) in [6.07, 6.45) is 0. The standard InChI is InChI=1S/C10H14FN5/c1-6(15-10(14)16-9(12)13)7-2-4-8(11)5-3-7/h2-6H,1H3,(H6,12,13,14,15,16). The van der Waals surface area contributed by atoms with Crippen LogP contribution in [0.25, 0.3) is 0 Å². The maximum Gasteiger partial charge on any atom is 0.219 e. The lowest BCUT2D eigenvalue weighted by atomic mass is 10.1. The van der Waals surface area contributed by atoms with Gasteiger partial charge in [-0.15, -0.1) is 0 Å². The van der Waals surface area contributed by atoms with Crippen LogP contribution in [-0.4, -0.2) is 11.9 Å².